The maximum absolute atomic E-state index is 9.44. The average molecular weight is 264 g/mol. The third kappa shape index (κ3) is 2.19. The van der Waals surface area contributed by atoms with Gasteiger partial charge < -0.3 is 19.3 Å². The molecule has 104 valence electrons. The molecule has 19 heavy (non-hydrogen) atoms. The molecule has 0 aromatic heterocycles. The molecule has 2 heterocycles. The van der Waals surface area contributed by atoms with Crippen molar-refractivity contribution in [3.8, 4) is 11.5 Å². The molecule has 3 unspecified atom stereocenters. The molecular weight excluding hydrogens is 244 g/mol. The molecule has 1 aromatic rings. The molecule has 2 aliphatic heterocycles. The Labute approximate surface area is 113 Å². The SMILES string of the molecule is COc1cc2c(cc1C1OCCC1CO)OC(C)C2. The number of hydrogen-bond acceptors (Lipinski definition) is 4. The highest BCUT2D eigenvalue weighted by molar-refractivity contribution is 5.50. The van der Waals surface area contributed by atoms with E-state index in [4.69, 9.17) is 14.2 Å². The van der Waals surface area contributed by atoms with Crippen LogP contribution in [0.1, 0.15) is 30.6 Å². The zero-order valence-electron chi connectivity index (χ0n) is 11.4. The van der Waals surface area contributed by atoms with Crippen LogP contribution in [-0.4, -0.2) is 31.5 Å². The minimum atomic E-state index is -0.0928. The highest BCUT2D eigenvalue weighted by Gasteiger charge is 2.33. The van der Waals surface area contributed by atoms with Gasteiger partial charge in [0.25, 0.3) is 0 Å². The Morgan fingerprint density at radius 1 is 1.42 bits per heavy atom. The summed E-state index contributed by atoms with van der Waals surface area (Å²) in [7, 11) is 1.67. The number of aliphatic hydroxyl groups excluding tert-OH is 1. The molecule has 1 saturated heterocycles. The molecule has 4 heteroatoms. The fourth-order valence-corrected chi connectivity index (χ4v) is 3.02. The summed E-state index contributed by atoms with van der Waals surface area (Å²) in [6, 6.07) is 4.07. The predicted molar refractivity (Wildman–Crippen MR) is 70.7 cm³/mol. The first kappa shape index (κ1) is 12.8. The van der Waals surface area contributed by atoms with Gasteiger partial charge in [-0.25, -0.2) is 0 Å². The minimum absolute atomic E-state index is 0.0928. The second kappa shape index (κ2) is 5.02. The average Bonchev–Trinajstić information content (AvgIpc) is 3.00. The lowest BCUT2D eigenvalue weighted by Gasteiger charge is -2.20. The van der Waals surface area contributed by atoms with Crippen molar-refractivity contribution in [1.82, 2.24) is 0 Å². The van der Waals surface area contributed by atoms with Crippen LogP contribution in [0.2, 0.25) is 0 Å². The highest BCUT2D eigenvalue weighted by atomic mass is 16.5. The molecule has 1 aromatic carbocycles. The lowest BCUT2D eigenvalue weighted by Crippen LogP contribution is -2.12. The van der Waals surface area contributed by atoms with Gasteiger partial charge in [-0.1, -0.05) is 0 Å². The summed E-state index contributed by atoms with van der Waals surface area (Å²) in [5.41, 5.74) is 2.18. The van der Waals surface area contributed by atoms with Gasteiger partial charge in [0.2, 0.25) is 0 Å². The molecule has 0 spiro atoms. The van der Waals surface area contributed by atoms with Crippen molar-refractivity contribution in [2.45, 2.75) is 32.0 Å². The summed E-state index contributed by atoms with van der Waals surface area (Å²) in [6.07, 6.45) is 1.93. The van der Waals surface area contributed by atoms with Gasteiger partial charge in [0, 0.05) is 36.7 Å². The molecule has 0 radical (unpaired) electrons. The largest absolute Gasteiger partial charge is 0.496 e. The van der Waals surface area contributed by atoms with Crippen molar-refractivity contribution in [1.29, 1.82) is 0 Å². The molecule has 0 amide bonds. The molecule has 0 saturated carbocycles. The van der Waals surface area contributed by atoms with Crippen LogP contribution < -0.4 is 9.47 Å². The van der Waals surface area contributed by atoms with Gasteiger partial charge in [-0.05, 0) is 25.5 Å². The normalized spacial score (nSPS) is 29.1. The van der Waals surface area contributed by atoms with Gasteiger partial charge >= 0.3 is 0 Å². The highest BCUT2D eigenvalue weighted by Crippen LogP contribution is 2.43. The van der Waals surface area contributed by atoms with Crippen LogP contribution in [0.5, 0.6) is 11.5 Å². The van der Waals surface area contributed by atoms with Crippen LogP contribution in [0.15, 0.2) is 12.1 Å². The lowest BCUT2D eigenvalue weighted by molar-refractivity contribution is 0.0699. The number of fused-ring (bicyclic) bond motifs is 1. The van der Waals surface area contributed by atoms with Crippen LogP contribution >= 0.6 is 0 Å². The summed E-state index contributed by atoms with van der Waals surface area (Å²) in [5.74, 6) is 1.91. The Kier molecular flexibility index (Phi) is 3.37. The fourth-order valence-electron chi connectivity index (χ4n) is 3.02. The van der Waals surface area contributed by atoms with Crippen LogP contribution in [0.25, 0.3) is 0 Å². The fraction of sp³-hybridized carbons (Fsp3) is 0.600. The number of benzene rings is 1. The topological polar surface area (TPSA) is 47.9 Å². The Balaban J connectivity index is 1.99. The van der Waals surface area contributed by atoms with Crippen molar-refractivity contribution in [3.05, 3.63) is 23.3 Å². The van der Waals surface area contributed by atoms with E-state index >= 15 is 0 Å². The minimum Gasteiger partial charge on any atom is -0.496 e. The van der Waals surface area contributed by atoms with E-state index in [2.05, 4.69) is 6.92 Å². The van der Waals surface area contributed by atoms with Crippen molar-refractivity contribution in [2.24, 2.45) is 5.92 Å². The molecule has 3 atom stereocenters. The predicted octanol–water partition coefficient (Wildman–Crippen LogP) is 2.09. The van der Waals surface area contributed by atoms with Gasteiger partial charge in [-0.15, -0.1) is 0 Å². The molecular formula is C15H20O4. The van der Waals surface area contributed by atoms with Gasteiger partial charge in [-0.2, -0.15) is 0 Å². The van der Waals surface area contributed by atoms with Gasteiger partial charge in [0.05, 0.1) is 13.2 Å². The van der Waals surface area contributed by atoms with Crippen LogP contribution in [0.4, 0.5) is 0 Å². The maximum Gasteiger partial charge on any atom is 0.125 e. The molecule has 3 rings (SSSR count). The standard InChI is InChI=1S/C15H20O4/c1-9-5-11-6-14(17-2)12(7-13(11)19-9)15-10(8-16)3-4-18-15/h6-7,9-10,15-16H,3-5,8H2,1-2H3. The van der Waals surface area contributed by atoms with E-state index in [9.17, 15) is 5.11 Å². The molecule has 4 nitrogen and oxygen atoms in total. The third-order valence-electron chi connectivity index (χ3n) is 4.00. The second-order valence-corrected chi connectivity index (χ2v) is 5.36. The van der Waals surface area contributed by atoms with Gasteiger partial charge in [0.15, 0.2) is 0 Å². The van der Waals surface area contributed by atoms with Crippen LogP contribution in [0.3, 0.4) is 0 Å². The van der Waals surface area contributed by atoms with E-state index in [1.165, 1.54) is 5.56 Å². The Morgan fingerprint density at radius 2 is 2.26 bits per heavy atom. The van der Waals surface area contributed by atoms with E-state index in [-0.39, 0.29) is 24.7 Å². The smallest absolute Gasteiger partial charge is 0.125 e. The zero-order valence-corrected chi connectivity index (χ0v) is 11.4. The number of methoxy groups -OCH3 is 1. The summed E-state index contributed by atoms with van der Waals surface area (Å²) in [6.45, 7) is 2.89. The van der Waals surface area contributed by atoms with E-state index in [1.807, 2.05) is 12.1 Å². The lowest BCUT2D eigenvalue weighted by atomic mass is 9.94. The molecule has 0 aliphatic carbocycles. The van der Waals surface area contributed by atoms with Crippen molar-refractivity contribution in [3.63, 3.8) is 0 Å². The Bertz CT molecular complexity index is 471. The van der Waals surface area contributed by atoms with Crippen molar-refractivity contribution in [2.75, 3.05) is 20.3 Å². The summed E-state index contributed by atoms with van der Waals surface area (Å²) < 4.78 is 17.1. The Hall–Kier alpha value is -1.26. The molecule has 2 aliphatic rings. The number of hydrogen-bond donors (Lipinski definition) is 1. The molecule has 0 bridgehead atoms. The van der Waals surface area contributed by atoms with E-state index in [1.54, 1.807) is 7.11 Å². The number of ether oxygens (including phenoxy) is 3. The van der Waals surface area contributed by atoms with Crippen molar-refractivity contribution >= 4 is 0 Å². The molecule has 1 fully saturated rings. The monoisotopic (exact) mass is 264 g/mol. The van der Waals surface area contributed by atoms with E-state index < -0.39 is 0 Å². The molecule has 1 N–H and O–H groups in total. The van der Waals surface area contributed by atoms with Gasteiger partial charge in [-0.3, -0.25) is 0 Å². The first-order chi connectivity index (χ1) is 9.22. The summed E-state index contributed by atoms with van der Waals surface area (Å²) >= 11 is 0. The van der Waals surface area contributed by atoms with Crippen molar-refractivity contribution < 1.29 is 19.3 Å². The van der Waals surface area contributed by atoms with E-state index in [0.29, 0.717) is 6.61 Å². The first-order valence-electron chi connectivity index (χ1n) is 6.83. The maximum atomic E-state index is 9.44. The summed E-state index contributed by atoms with van der Waals surface area (Å²) in [5, 5.41) is 9.44. The first-order valence-corrected chi connectivity index (χ1v) is 6.83. The van der Waals surface area contributed by atoms with E-state index in [0.717, 1.165) is 29.9 Å². The third-order valence-corrected chi connectivity index (χ3v) is 4.00. The number of aliphatic hydroxyl groups is 1. The van der Waals surface area contributed by atoms with Gasteiger partial charge in [0.1, 0.15) is 17.6 Å². The number of rotatable bonds is 3. The zero-order chi connectivity index (χ0) is 13.4. The Morgan fingerprint density at radius 3 is 3.00 bits per heavy atom. The summed E-state index contributed by atoms with van der Waals surface area (Å²) in [4.78, 5) is 0. The van der Waals surface area contributed by atoms with Crippen LogP contribution in [0, 0.1) is 5.92 Å². The second-order valence-electron chi connectivity index (χ2n) is 5.36. The van der Waals surface area contributed by atoms with Crippen LogP contribution in [-0.2, 0) is 11.2 Å². The quantitative estimate of drug-likeness (QED) is 0.908.